The highest BCUT2D eigenvalue weighted by molar-refractivity contribution is 7.17. The first-order valence-corrected chi connectivity index (χ1v) is 9.70. The molecule has 0 aliphatic heterocycles. The maximum atomic E-state index is 13.1. The summed E-state index contributed by atoms with van der Waals surface area (Å²) in [4.78, 5) is 26.0. The molecule has 1 aromatic carbocycles. The van der Waals surface area contributed by atoms with E-state index in [1.165, 1.54) is 23.1 Å². The number of hydrogen-bond acceptors (Lipinski definition) is 5. The highest BCUT2D eigenvalue weighted by atomic mass is 32.1. The van der Waals surface area contributed by atoms with Crippen molar-refractivity contribution in [2.75, 3.05) is 24.9 Å². The van der Waals surface area contributed by atoms with Gasteiger partial charge in [-0.2, -0.15) is 0 Å². The van der Waals surface area contributed by atoms with Crippen LogP contribution in [0.1, 0.15) is 41.1 Å². The minimum Gasteiger partial charge on any atom is -0.497 e. The van der Waals surface area contributed by atoms with Crippen molar-refractivity contribution in [1.82, 2.24) is 0 Å². The van der Waals surface area contributed by atoms with Crippen molar-refractivity contribution in [1.29, 1.82) is 0 Å². The van der Waals surface area contributed by atoms with Crippen molar-refractivity contribution in [3.63, 3.8) is 0 Å². The third-order valence-corrected chi connectivity index (χ3v) is 5.85. The number of fused-ring (bicyclic) bond motifs is 1. The Morgan fingerprint density at radius 3 is 2.63 bits per heavy atom. The predicted molar refractivity (Wildman–Crippen MR) is 107 cm³/mol. The molecule has 6 nitrogen and oxygen atoms in total. The van der Waals surface area contributed by atoms with E-state index in [1.54, 1.807) is 32.4 Å². The molecule has 0 saturated carbocycles. The van der Waals surface area contributed by atoms with E-state index in [0.29, 0.717) is 33.7 Å². The Labute approximate surface area is 162 Å². The summed E-state index contributed by atoms with van der Waals surface area (Å²) in [7, 11) is 3.12. The van der Waals surface area contributed by atoms with Crippen molar-refractivity contribution in [2.45, 2.75) is 33.1 Å². The quantitative estimate of drug-likeness (QED) is 0.808. The molecule has 0 bridgehead atoms. The molecule has 1 heterocycles. The SMILES string of the molecule is COc1ccc(OC)c(NC(=O)c2c(NC(C)=O)sc3c2CCC(C)C3)c1. The molecule has 1 aliphatic carbocycles. The van der Waals surface area contributed by atoms with Gasteiger partial charge in [-0.3, -0.25) is 9.59 Å². The second kappa shape index (κ2) is 8.00. The van der Waals surface area contributed by atoms with Crippen LogP contribution in [0.3, 0.4) is 0 Å². The number of thiophene rings is 1. The van der Waals surface area contributed by atoms with Crippen LogP contribution in [0.2, 0.25) is 0 Å². The maximum Gasteiger partial charge on any atom is 0.259 e. The molecule has 1 aromatic heterocycles. The summed E-state index contributed by atoms with van der Waals surface area (Å²) in [6.07, 6.45) is 2.80. The minimum atomic E-state index is -0.252. The van der Waals surface area contributed by atoms with Crippen molar-refractivity contribution >= 4 is 33.8 Å². The van der Waals surface area contributed by atoms with E-state index in [-0.39, 0.29) is 11.8 Å². The number of hydrogen-bond donors (Lipinski definition) is 2. The van der Waals surface area contributed by atoms with E-state index in [4.69, 9.17) is 9.47 Å². The van der Waals surface area contributed by atoms with E-state index in [1.807, 2.05) is 0 Å². The lowest BCUT2D eigenvalue weighted by Crippen LogP contribution is -2.19. The summed E-state index contributed by atoms with van der Waals surface area (Å²) >= 11 is 1.50. The molecule has 2 N–H and O–H groups in total. The van der Waals surface area contributed by atoms with Gasteiger partial charge in [-0.05, 0) is 42.9 Å². The van der Waals surface area contributed by atoms with Gasteiger partial charge in [0.1, 0.15) is 16.5 Å². The normalized spacial score (nSPS) is 15.6. The summed E-state index contributed by atoms with van der Waals surface area (Å²) in [5.74, 6) is 1.31. The number of rotatable bonds is 5. The molecule has 144 valence electrons. The number of carbonyl (C=O) groups is 2. The fraction of sp³-hybridized carbons (Fsp3) is 0.400. The number of benzene rings is 1. The lowest BCUT2D eigenvalue weighted by molar-refractivity contribution is -0.114. The number of nitrogens with one attached hydrogen (secondary N) is 2. The van der Waals surface area contributed by atoms with Gasteiger partial charge in [0.2, 0.25) is 5.91 Å². The molecular weight excluding hydrogens is 364 g/mol. The van der Waals surface area contributed by atoms with Crippen LogP contribution in [-0.2, 0) is 17.6 Å². The summed E-state index contributed by atoms with van der Waals surface area (Å²) in [5.41, 5.74) is 2.13. The molecule has 0 saturated heterocycles. The first-order valence-electron chi connectivity index (χ1n) is 8.88. The van der Waals surface area contributed by atoms with E-state index in [9.17, 15) is 9.59 Å². The van der Waals surface area contributed by atoms with Gasteiger partial charge in [0.15, 0.2) is 0 Å². The summed E-state index contributed by atoms with van der Waals surface area (Å²) < 4.78 is 10.6. The number of amides is 2. The summed E-state index contributed by atoms with van der Waals surface area (Å²) in [6, 6.07) is 5.23. The van der Waals surface area contributed by atoms with Crippen LogP contribution < -0.4 is 20.1 Å². The summed E-state index contributed by atoms with van der Waals surface area (Å²) in [5, 5.41) is 6.36. The fourth-order valence-electron chi connectivity index (χ4n) is 3.34. The first kappa shape index (κ1) is 19.2. The molecule has 2 amide bonds. The van der Waals surface area contributed by atoms with Gasteiger partial charge >= 0.3 is 0 Å². The third-order valence-electron chi connectivity index (χ3n) is 4.68. The van der Waals surface area contributed by atoms with Crippen LogP contribution in [0.4, 0.5) is 10.7 Å². The lowest BCUT2D eigenvalue weighted by Gasteiger charge is -2.19. The monoisotopic (exact) mass is 388 g/mol. The van der Waals surface area contributed by atoms with Gasteiger partial charge < -0.3 is 20.1 Å². The maximum absolute atomic E-state index is 13.1. The molecule has 1 unspecified atom stereocenters. The highest BCUT2D eigenvalue weighted by Gasteiger charge is 2.28. The molecular formula is C20H24N2O4S. The third kappa shape index (κ3) is 4.08. The molecule has 3 rings (SSSR count). The second-order valence-corrected chi connectivity index (χ2v) is 7.86. The average Bonchev–Trinajstić information content (AvgIpc) is 2.97. The Hall–Kier alpha value is -2.54. The van der Waals surface area contributed by atoms with Crippen LogP contribution in [0.25, 0.3) is 0 Å². The lowest BCUT2D eigenvalue weighted by atomic mass is 9.88. The average molecular weight is 388 g/mol. The van der Waals surface area contributed by atoms with Gasteiger partial charge in [-0.15, -0.1) is 11.3 Å². The van der Waals surface area contributed by atoms with Crippen molar-refractivity contribution in [2.24, 2.45) is 5.92 Å². The zero-order valence-electron chi connectivity index (χ0n) is 16.0. The van der Waals surface area contributed by atoms with E-state index < -0.39 is 0 Å². The Morgan fingerprint density at radius 1 is 1.19 bits per heavy atom. The Balaban J connectivity index is 1.98. The number of carbonyl (C=O) groups excluding carboxylic acids is 2. The highest BCUT2D eigenvalue weighted by Crippen LogP contribution is 2.40. The predicted octanol–water partition coefficient (Wildman–Crippen LogP) is 4.10. The smallest absolute Gasteiger partial charge is 0.259 e. The molecule has 1 aliphatic rings. The van der Waals surface area contributed by atoms with Gasteiger partial charge in [0, 0.05) is 17.9 Å². The molecule has 7 heteroatoms. The van der Waals surface area contributed by atoms with Crippen LogP contribution >= 0.6 is 11.3 Å². The van der Waals surface area contributed by atoms with Crippen molar-refractivity contribution in [3.05, 3.63) is 34.2 Å². The van der Waals surface area contributed by atoms with Gasteiger partial charge in [-0.25, -0.2) is 0 Å². The van der Waals surface area contributed by atoms with E-state index >= 15 is 0 Å². The molecule has 0 spiro atoms. The Bertz CT molecular complexity index is 875. The number of methoxy groups -OCH3 is 2. The fourth-order valence-corrected chi connectivity index (χ4v) is 4.79. The minimum absolute atomic E-state index is 0.186. The summed E-state index contributed by atoms with van der Waals surface area (Å²) in [6.45, 7) is 3.66. The largest absolute Gasteiger partial charge is 0.497 e. The Morgan fingerprint density at radius 2 is 1.96 bits per heavy atom. The Kier molecular flexibility index (Phi) is 5.70. The topological polar surface area (TPSA) is 76.7 Å². The zero-order valence-corrected chi connectivity index (χ0v) is 16.8. The first-order chi connectivity index (χ1) is 12.9. The van der Waals surface area contributed by atoms with Crippen LogP contribution in [0.15, 0.2) is 18.2 Å². The van der Waals surface area contributed by atoms with Gasteiger partial charge in [0.25, 0.3) is 5.91 Å². The van der Waals surface area contributed by atoms with E-state index in [0.717, 1.165) is 24.8 Å². The van der Waals surface area contributed by atoms with Crippen LogP contribution in [-0.4, -0.2) is 26.0 Å². The molecule has 0 radical (unpaired) electrons. The number of ether oxygens (including phenoxy) is 2. The van der Waals surface area contributed by atoms with Crippen molar-refractivity contribution in [3.8, 4) is 11.5 Å². The van der Waals surface area contributed by atoms with Crippen LogP contribution in [0, 0.1) is 5.92 Å². The van der Waals surface area contributed by atoms with E-state index in [2.05, 4.69) is 17.6 Å². The van der Waals surface area contributed by atoms with Crippen LogP contribution in [0.5, 0.6) is 11.5 Å². The van der Waals surface area contributed by atoms with Gasteiger partial charge in [0.05, 0.1) is 25.5 Å². The van der Waals surface area contributed by atoms with Gasteiger partial charge in [-0.1, -0.05) is 6.92 Å². The molecule has 0 fully saturated rings. The molecule has 27 heavy (non-hydrogen) atoms. The van der Waals surface area contributed by atoms with Crippen molar-refractivity contribution < 1.29 is 19.1 Å². The molecule has 2 aromatic rings. The second-order valence-electron chi connectivity index (χ2n) is 6.76. The standard InChI is InChI=1S/C20H24N2O4S/c1-11-5-7-14-17(9-11)27-20(21-12(2)23)18(14)19(24)22-15-10-13(25-3)6-8-16(15)26-4/h6,8,10-11H,5,7,9H2,1-4H3,(H,21,23)(H,22,24). The zero-order chi connectivity index (χ0) is 19.6. The molecule has 1 atom stereocenters. The number of anilines is 2.